The van der Waals surface area contributed by atoms with E-state index in [0.29, 0.717) is 6.54 Å². The summed E-state index contributed by atoms with van der Waals surface area (Å²) in [5.74, 6) is 2.07. The van der Waals surface area contributed by atoms with Gasteiger partial charge in [-0.05, 0) is 42.6 Å². The number of benzene rings is 1. The molecule has 1 aliphatic rings. The SMILES string of the molecule is O=C(NCCSCCCO)C1CCCc2ccccc21. The number of aryl methyl sites for hydroxylation is 1. The number of nitrogens with one attached hydrogen (secondary N) is 1. The van der Waals surface area contributed by atoms with Crippen LogP contribution in [0.5, 0.6) is 0 Å². The summed E-state index contributed by atoms with van der Waals surface area (Å²) in [6.07, 6.45) is 3.98. The van der Waals surface area contributed by atoms with Crippen molar-refractivity contribution < 1.29 is 9.90 Å². The third-order valence-electron chi connectivity index (χ3n) is 3.68. The van der Waals surface area contributed by atoms with Crippen LogP contribution in [0.3, 0.4) is 0 Å². The van der Waals surface area contributed by atoms with E-state index in [-0.39, 0.29) is 18.4 Å². The molecular weight excluding hydrogens is 270 g/mol. The lowest BCUT2D eigenvalue weighted by Crippen LogP contribution is -2.32. The monoisotopic (exact) mass is 293 g/mol. The minimum Gasteiger partial charge on any atom is -0.396 e. The topological polar surface area (TPSA) is 49.3 Å². The van der Waals surface area contributed by atoms with Crippen LogP contribution in [-0.2, 0) is 11.2 Å². The number of rotatable bonds is 7. The van der Waals surface area contributed by atoms with Gasteiger partial charge in [-0.3, -0.25) is 4.79 Å². The van der Waals surface area contributed by atoms with E-state index in [1.807, 2.05) is 6.07 Å². The van der Waals surface area contributed by atoms with Gasteiger partial charge in [0, 0.05) is 18.9 Å². The Morgan fingerprint density at radius 3 is 3.05 bits per heavy atom. The lowest BCUT2D eigenvalue weighted by Gasteiger charge is -2.24. The van der Waals surface area contributed by atoms with Gasteiger partial charge in [-0.2, -0.15) is 11.8 Å². The maximum absolute atomic E-state index is 12.3. The van der Waals surface area contributed by atoms with E-state index in [1.54, 1.807) is 11.8 Å². The van der Waals surface area contributed by atoms with Gasteiger partial charge in [0.05, 0.1) is 5.92 Å². The first-order chi connectivity index (χ1) is 9.83. The van der Waals surface area contributed by atoms with E-state index in [4.69, 9.17) is 5.11 Å². The number of amides is 1. The average Bonchev–Trinajstić information content (AvgIpc) is 2.50. The van der Waals surface area contributed by atoms with Crippen LogP contribution < -0.4 is 5.32 Å². The summed E-state index contributed by atoms with van der Waals surface area (Å²) in [5.41, 5.74) is 2.54. The van der Waals surface area contributed by atoms with Crippen molar-refractivity contribution in [3.8, 4) is 0 Å². The van der Waals surface area contributed by atoms with Gasteiger partial charge in [-0.25, -0.2) is 0 Å². The van der Waals surface area contributed by atoms with Gasteiger partial charge >= 0.3 is 0 Å². The maximum Gasteiger partial charge on any atom is 0.227 e. The van der Waals surface area contributed by atoms with Crippen LogP contribution in [0.15, 0.2) is 24.3 Å². The van der Waals surface area contributed by atoms with Gasteiger partial charge < -0.3 is 10.4 Å². The molecule has 0 spiro atoms. The fourth-order valence-corrected chi connectivity index (χ4v) is 3.45. The molecule has 1 aliphatic carbocycles. The molecule has 20 heavy (non-hydrogen) atoms. The zero-order valence-electron chi connectivity index (χ0n) is 11.8. The predicted molar refractivity (Wildman–Crippen MR) is 84.2 cm³/mol. The van der Waals surface area contributed by atoms with Crippen molar-refractivity contribution in [2.75, 3.05) is 24.7 Å². The van der Waals surface area contributed by atoms with Gasteiger partial charge in [0.1, 0.15) is 0 Å². The molecule has 2 N–H and O–H groups in total. The molecule has 0 radical (unpaired) electrons. The Morgan fingerprint density at radius 1 is 1.35 bits per heavy atom. The molecule has 0 aliphatic heterocycles. The van der Waals surface area contributed by atoms with Crippen molar-refractivity contribution in [3.05, 3.63) is 35.4 Å². The number of aliphatic hydroxyl groups excluding tert-OH is 1. The van der Waals surface area contributed by atoms with Gasteiger partial charge in [0.2, 0.25) is 5.91 Å². The van der Waals surface area contributed by atoms with E-state index in [9.17, 15) is 4.79 Å². The van der Waals surface area contributed by atoms with Gasteiger partial charge in [-0.1, -0.05) is 24.3 Å². The van der Waals surface area contributed by atoms with Crippen molar-refractivity contribution in [2.24, 2.45) is 0 Å². The van der Waals surface area contributed by atoms with E-state index in [0.717, 1.165) is 37.2 Å². The maximum atomic E-state index is 12.3. The lowest BCUT2D eigenvalue weighted by atomic mass is 9.82. The van der Waals surface area contributed by atoms with E-state index >= 15 is 0 Å². The third-order valence-corrected chi connectivity index (χ3v) is 4.75. The smallest absolute Gasteiger partial charge is 0.227 e. The molecule has 0 bridgehead atoms. The zero-order chi connectivity index (χ0) is 14.2. The number of carbonyl (C=O) groups excluding carboxylic acids is 1. The number of hydrogen-bond acceptors (Lipinski definition) is 3. The van der Waals surface area contributed by atoms with Crippen LogP contribution in [0.25, 0.3) is 0 Å². The van der Waals surface area contributed by atoms with Crippen molar-refractivity contribution >= 4 is 17.7 Å². The Kier molecular flexibility index (Phi) is 6.40. The summed E-state index contributed by atoms with van der Waals surface area (Å²) in [6.45, 7) is 0.964. The van der Waals surface area contributed by atoms with Crippen LogP contribution in [0.4, 0.5) is 0 Å². The first-order valence-corrected chi connectivity index (χ1v) is 8.52. The van der Waals surface area contributed by atoms with Crippen LogP contribution in [0.2, 0.25) is 0 Å². The summed E-state index contributed by atoms with van der Waals surface area (Å²) in [4.78, 5) is 12.3. The average molecular weight is 293 g/mol. The molecule has 110 valence electrons. The molecule has 1 unspecified atom stereocenters. The fraction of sp³-hybridized carbons (Fsp3) is 0.562. The molecule has 0 fully saturated rings. The first kappa shape index (κ1) is 15.4. The van der Waals surface area contributed by atoms with Crippen molar-refractivity contribution in [1.82, 2.24) is 5.32 Å². The summed E-state index contributed by atoms with van der Waals surface area (Å²) < 4.78 is 0. The molecule has 1 aromatic rings. The van der Waals surface area contributed by atoms with Crippen LogP contribution in [-0.4, -0.2) is 35.7 Å². The molecule has 1 aromatic carbocycles. The predicted octanol–water partition coefficient (Wildman–Crippen LogP) is 2.34. The second-order valence-corrected chi connectivity index (χ2v) is 6.35. The number of carbonyl (C=O) groups is 1. The molecule has 0 heterocycles. The molecule has 0 aromatic heterocycles. The van der Waals surface area contributed by atoms with Gasteiger partial charge in [0.25, 0.3) is 0 Å². The van der Waals surface area contributed by atoms with Gasteiger partial charge in [0.15, 0.2) is 0 Å². The molecule has 1 atom stereocenters. The largest absolute Gasteiger partial charge is 0.396 e. The molecule has 0 saturated heterocycles. The fourth-order valence-electron chi connectivity index (χ4n) is 2.66. The van der Waals surface area contributed by atoms with Crippen molar-refractivity contribution in [1.29, 1.82) is 0 Å². The highest BCUT2D eigenvalue weighted by atomic mass is 32.2. The van der Waals surface area contributed by atoms with Crippen molar-refractivity contribution in [3.63, 3.8) is 0 Å². The minimum atomic E-state index is 0.0300. The summed E-state index contributed by atoms with van der Waals surface area (Å²) in [7, 11) is 0. The Morgan fingerprint density at radius 2 is 2.20 bits per heavy atom. The molecule has 1 amide bonds. The van der Waals surface area contributed by atoms with E-state index < -0.39 is 0 Å². The number of fused-ring (bicyclic) bond motifs is 1. The second-order valence-electron chi connectivity index (χ2n) is 5.12. The quantitative estimate of drug-likeness (QED) is 0.759. The number of thioether (sulfide) groups is 1. The van der Waals surface area contributed by atoms with Crippen LogP contribution >= 0.6 is 11.8 Å². The highest BCUT2D eigenvalue weighted by molar-refractivity contribution is 7.99. The van der Waals surface area contributed by atoms with E-state index in [2.05, 4.69) is 23.5 Å². The van der Waals surface area contributed by atoms with Crippen LogP contribution in [0.1, 0.15) is 36.3 Å². The third kappa shape index (κ3) is 4.25. The summed E-state index contributed by atoms with van der Waals surface area (Å²) in [5, 5.41) is 11.7. The second kappa shape index (κ2) is 8.32. The summed E-state index contributed by atoms with van der Waals surface area (Å²) >= 11 is 1.78. The summed E-state index contributed by atoms with van der Waals surface area (Å²) in [6, 6.07) is 8.31. The Balaban J connectivity index is 1.79. The highest BCUT2D eigenvalue weighted by Crippen LogP contribution is 2.31. The van der Waals surface area contributed by atoms with Crippen molar-refractivity contribution in [2.45, 2.75) is 31.6 Å². The Bertz CT molecular complexity index is 436. The zero-order valence-corrected chi connectivity index (χ0v) is 12.6. The Labute approximate surface area is 125 Å². The number of aliphatic hydroxyl groups is 1. The Hall–Kier alpha value is -1.00. The van der Waals surface area contributed by atoms with Crippen LogP contribution in [0, 0.1) is 0 Å². The normalized spacial score (nSPS) is 17.6. The lowest BCUT2D eigenvalue weighted by molar-refractivity contribution is -0.122. The highest BCUT2D eigenvalue weighted by Gasteiger charge is 2.25. The minimum absolute atomic E-state index is 0.0300. The van der Waals surface area contributed by atoms with E-state index in [1.165, 1.54) is 11.1 Å². The molecular formula is C16H23NO2S. The standard InChI is InChI=1S/C16H23NO2S/c18-10-4-11-20-12-9-17-16(19)15-8-3-6-13-5-1-2-7-14(13)15/h1-2,5,7,15,18H,3-4,6,8-12H2,(H,17,19). The molecule has 2 rings (SSSR count). The first-order valence-electron chi connectivity index (χ1n) is 7.37. The molecule has 3 nitrogen and oxygen atoms in total. The van der Waals surface area contributed by atoms with Gasteiger partial charge in [-0.15, -0.1) is 0 Å². The number of hydrogen-bond donors (Lipinski definition) is 2. The molecule has 4 heteroatoms. The molecule has 0 saturated carbocycles.